The van der Waals surface area contributed by atoms with E-state index < -0.39 is 5.97 Å². The van der Waals surface area contributed by atoms with Crippen molar-refractivity contribution in [2.24, 2.45) is 0 Å². The number of hydrogen-bond acceptors (Lipinski definition) is 5. The molecule has 144 valence electrons. The first kappa shape index (κ1) is 18.6. The van der Waals surface area contributed by atoms with E-state index in [1.165, 1.54) is 6.20 Å². The van der Waals surface area contributed by atoms with Gasteiger partial charge in [0.15, 0.2) is 0 Å². The molecule has 0 fully saturated rings. The summed E-state index contributed by atoms with van der Waals surface area (Å²) in [6.07, 6.45) is 3.72. The molecule has 0 aliphatic carbocycles. The van der Waals surface area contributed by atoms with Crippen LogP contribution in [0.3, 0.4) is 0 Å². The number of aliphatic hydroxyl groups excluding tert-OH is 1. The highest BCUT2D eigenvalue weighted by atomic mass is 16.5. The van der Waals surface area contributed by atoms with Crippen LogP contribution in [0.5, 0.6) is 11.5 Å². The Hall–Kier alpha value is -3.77. The van der Waals surface area contributed by atoms with Gasteiger partial charge in [0.1, 0.15) is 11.5 Å². The molecule has 4 aromatic rings. The molecule has 0 radical (unpaired) electrons. The van der Waals surface area contributed by atoms with E-state index in [2.05, 4.69) is 9.97 Å². The van der Waals surface area contributed by atoms with Crippen LogP contribution >= 0.6 is 0 Å². The standard InChI is InChI=1S/C23H18N2O4/c26-12-10-15-1-5-17(6-2-15)29-18-7-3-16(4-8-18)22-13-19(23(27)28)20-14-24-11-9-21(20)25-22/h1-9,11,13-14,26H,10,12H2,(H,27,28). The Morgan fingerprint density at radius 2 is 1.66 bits per heavy atom. The third kappa shape index (κ3) is 4.07. The second-order valence-corrected chi connectivity index (χ2v) is 6.50. The summed E-state index contributed by atoms with van der Waals surface area (Å²) in [5.41, 5.74) is 3.15. The minimum Gasteiger partial charge on any atom is -0.478 e. The fourth-order valence-corrected chi connectivity index (χ4v) is 3.08. The van der Waals surface area contributed by atoms with Gasteiger partial charge in [-0.25, -0.2) is 9.78 Å². The van der Waals surface area contributed by atoms with Crippen LogP contribution in [0.2, 0.25) is 0 Å². The highest BCUT2D eigenvalue weighted by Crippen LogP contribution is 2.28. The van der Waals surface area contributed by atoms with Crippen molar-refractivity contribution < 1.29 is 19.7 Å². The molecule has 4 rings (SSSR count). The second kappa shape index (κ2) is 8.08. The molecule has 0 aliphatic rings. The number of carboxylic acid groups (broad SMARTS) is 1. The topological polar surface area (TPSA) is 92.5 Å². The average molecular weight is 386 g/mol. The fourth-order valence-electron chi connectivity index (χ4n) is 3.08. The molecular formula is C23H18N2O4. The third-order valence-corrected chi connectivity index (χ3v) is 4.55. The van der Waals surface area contributed by atoms with Gasteiger partial charge in [0.25, 0.3) is 0 Å². The molecule has 0 amide bonds. The van der Waals surface area contributed by atoms with E-state index in [9.17, 15) is 9.90 Å². The zero-order chi connectivity index (χ0) is 20.2. The lowest BCUT2D eigenvalue weighted by molar-refractivity contribution is 0.0699. The average Bonchev–Trinajstić information content (AvgIpc) is 2.75. The third-order valence-electron chi connectivity index (χ3n) is 4.55. The van der Waals surface area contributed by atoms with Gasteiger partial charge >= 0.3 is 5.97 Å². The van der Waals surface area contributed by atoms with E-state index in [4.69, 9.17) is 9.84 Å². The van der Waals surface area contributed by atoms with Crippen LogP contribution in [0.15, 0.2) is 73.1 Å². The number of carboxylic acids is 1. The van der Waals surface area contributed by atoms with Crippen LogP contribution in [-0.2, 0) is 6.42 Å². The Morgan fingerprint density at radius 1 is 0.966 bits per heavy atom. The van der Waals surface area contributed by atoms with Crippen LogP contribution in [0.25, 0.3) is 22.2 Å². The van der Waals surface area contributed by atoms with Crippen LogP contribution < -0.4 is 4.74 Å². The summed E-state index contributed by atoms with van der Waals surface area (Å²) in [6.45, 7) is 0.116. The highest BCUT2D eigenvalue weighted by molar-refractivity contribution is 6.03. The Bertz CT molecular complexity index is 1160. The number of aromatic nitrogens is 2. The van der Waals surface area contributed by atoms with E-state index in [0.717, 1.165) is 11.1 Å². The number of pyridine rings is 2. The second-order valence-electron chi connectivity index (χ2n) is 6.50. The Morgan fingerprint density at radius 3 is 2.31 bits per heavy atom. The van der Waals surface area contributed by atoms with Crippen LogP contribution in [0.4, 0.5) is 0 Å². The van der Waals surface area contributed by atoms with E-state index in [1.54, 1.807) is 18.3 Å². The summed E-state index contributed by atoms with van der Waals surface area (Å²) < 4.78 is 5.85. The molecule has 0 spiro atoms. The van der Waals surface area contributed by atoms with Gasteiger partial charge in [-0.05, 0) is 60.5 Å². The summed E-state index contributed by atoms with van der Waals surface area (Å²) in [4.78, 5) is 20.2. The van der Waals surface area contributed by atoms with Crippen molar-refractivity contribution in [1.82, 2.24) is 9.97 Å². The van der Waals surface area contributed by atoms with Gasteiger partial charge in [0.05, 0.1) is 16.8 Å². The molecule has 0 saturated heterocycles. The molecule has 0 unspecified atom stereocenters. The molecule has 6 heteroatoms. The van der Waals surface area contributed by atoms with E-state index in [1.807, 2.05) is 48.5 Å². The fraction of sp³-hybridized carbons (Fsp3) is 0.0870. The summed E-state index contributed by atoms with van der Waals surface area (Å²) in [6, 6.07) is 18.1. The largest absolute Gasteiger partial charge is 0.478 e. The van der Waals surface area contributed by atoms with Gasteiger partial charge in [-0.2, -0.15) is 0 Å². The van der Waals surface area contributed by atoms with Crippen molar-refractivity contribution in [3.05, 3.63) is 84.2 Å². The molecule has 0 aliphatic heterocycles. The lowest BCUT2D eigenvalue weighted by atomic mass is 10.1. The van der Waals surface area contributed by atoms with Crippen molar-refractivity contribution in [2.45, 2.75) is 6.42 Å². The molecule has 2 heterocycles. The van der Waals surface area contributed by atoms with Crippen LogP contribution in [-0.4, -0.2) is 32.8 Å². The summed E-state index contributed by atoms with van der Waals surface area (Å²) in [5.74, 6) is 0.340. The molecule has 0 atom stereocenters. The van der Waals surface area contributed by atoms with Gasteiger partial charge in [0.2, 0.25) is 0 Å². The normalized spacial score (nSPS) is 10.8. The van der Waals surface area contributed by atoms with Crippen molar-refractivity contribution in [1.29, 1.82) is 0 Å². The minimum atomic E-state index is -1.02. The first-order valence-electron chi connectivity index (χ1n) is 9.10. The molecule has 2 aromatic heterocycles. The van der Waals surface area contributed by atoms with E-state index in [-0.39, 0.29) is 12.2 Å². The predicted molar refractivity (Wildman–Crippen MR) is 109 cm³/mol. The maximum atomic E-state index is 11.6. The van der Waals surface area contributed by atoms with Crippen molar-refractivity contribution >= 4 is 16.9 Å². The number of nitrogens with zero attached hydrogens (tertiary/aromatic N) is 2. The summed E-state index contributed by atoms with van der Waals surface area (Å²) >= 11 is 0. The quantitative estimate of drug-likeness (QED) is 0.513. The predicted octanol–water partition coefficient (Wildman–Crippen LogP) is 4.32. The van der Waals surface area contributed by atoms with Crippen molar-refractivity contribution in [3.63, 3.8) is 0 Å². The number of benzene rings is 2. The molecule has 6 nitrogen and oxygen atoms in total. The molecular weight excluding hydrogens is 368 g/mol. The molecule has 2 N–H and O–H groups in total. The van der Waals surface area contributed by atoms with E-state index >= 15 is 0 Å². The maximum absolute atomic E-state index is 11.6. The Kier molecular flexibility index (Phi) is 5.18. The Balaban J connectivity index is 1.60. The number of fused-ring (bicyclic) bond motifs is 1. The number of ether oxygens (including phenoxy) is 1. The smallest absolute Gasteiger partial charge is 0.336 e. The maximum Gasteiger partial charge on any atom is 0.336 e. The van der Waals surface area contributed by atoms with Gasteiger partial charge in [-0.3, -0.25) is 4.98 Å². The van der Waals surface area contributed by atoms with Crippen molar-refractivity contribution in [2.75, 3.05) is 6.61 Å². The van der Waals surface area contributed by atoms with E-state index in [0.29, 0.717) is 34.5 Å². The minimum absolute atomic E-state index is 0.116. The first-order valence-corrected chi connectivity index (χ1v) is 9.10. The lowest BCUT2D eigenvalue weighted by Gasteiger charge is -2.09. The summed E-state index contributed by atoms with van der Waals surface area (Å²) in [7, 11) is 0. The van der Waals surface area contributed by atoms with Crippen LogP contribution in [0.1, 0.15) is 15.9 Å². The van der Waals surface area contributed by atoms with Crippen LogP contribution in [0, 0.1) is 0 Å². The number of rotatable bonds is 6. The molecule has 0 saturated carbocycles. The zero-order valence-electron chi connectivity index (χ0n) is 15.4. The van der Waals surface area contributed by atoms with Gasteiger partial charge in [0, 0.05) is 30.0 Å². The first-order chi connectivity index (χ1) is 14.1. The number of hydrogen-bond donors (Lipinski definition) is 2. The number of aromatic carboxylic acids is 1. The van der Waals surface area contributed by atoms with Gasteiger partial charge in [-0.1, -0.05) is 12.1 Å². The summed E-state index contributed by atoms with van der Waals surface area (Å²) in [5, 5.41) is 19.0. The van der Waals surface area contributed by atoms with Crippen molar-refractivity contribution in [3.8, 4) is 22.8 Å². The SMILES string of the molecule is O=C(O)c1cc(-c2ccc(Oc3ccc(CCO)cc3)cc2)nc2ccncc12. The molecule has 29 heavy (non-hydrogen) atoms. The lowest BCUT2D eigenvalue weighted by Crippen LogP contribution is -2.00. The van der Waals surface area contributed by atoms with Gasteiger partial charge in [-0.15, -0.1) is 0 Å². The highest BCUT2D eigenvalue weighted by Gasteiger charge is 2.13. The zero-order valence-corrected chi connectivity index (χ0v) is 15.4. The molecule has 2 aromatic carbocycles. The monoisotopic (exact) mass is 386 g/mol. The van der Waals surface area contributed by atoms with Gasteiger partial charge < -0.3 is 14.9 Å². The number of carbonyl (C=O) groups is 1. The Labute approximate surface area is 167 Å². The number of aliphatic hydroxyl groups is 1. The molecule has 0 bridgehead atoms.